The van der Waals surface area contributed by atoms with Gasteiger partial charge in [-0.05, 0) is 99.4 Å². The molecule has 2 aliphatic carbocycles. The second-order valence-electron chi connectivity index (χ2n) is 9.12. The number of benzene rings is 1. The number of hydrogen-bond donors (Lipinski definition) is 2. The molecule has 1 aromatic rings. The highest BCUT2D eigenvalue weighted by atomic mass is 35.5. The Bertz CT molecular complexity index is 646. The van der Waals surface area contributed by atoms with Gasteiger partial charge in [-0.1, -0.05) is 31.9 Å². The van der Waals surface area contributed by atoms with Crippen molar-refractivity contribution in [1.82, 2.24) is 10.0 Å². The molecule has 5 atom stereocenters. The van der Waals surface area contributed by atoms with E-state index in [4.69, 9.17) is 11.6 Å². The van der Waals surface area contributed by atoms with Crippen LogP contribution in [0.3, 0.4) is 0 Å². The molecule has 3 rings (SSSR count). The minimum absolute atomic E-state index is 0.101. The maximum Gasteiger partial charge on any atom is 0.240 e. The molecule has 0 saturated heterocycles. The van der Waals surface area contributed by atoms with E-state index in [2.05, 4.69) is 23.9 Å². The lowest BCUT2D eigenvalue weighted by molar-refractivity contribution is -0.128. The highest BCUT2D eigenvalue weighted by molar-refractivity contribution is 7.97. The molecule has 2 aliphatic rings. The minimum Gasteiger partial charge on any atom is -0.351 e. The first-order valence-electron chi connectivity index (χ1n) is 10.3. The Balaban J connectivity index is 1.62. The van der Waals surface area contributed by atoms with E-state index in [1.807, 2.05) is 38.1 Å². The van der Waals surface area contributed by atoms with Gasteiger partial charge in [0.1, 0.15) is 5.54 Å². The summed E-state index contributed by atoms with van der Waals surface area (Å²) in [5.41, 5.74) is -0.639. The summed E-state index contributed by atoms with van der Waals surface area (Å²) in [4.78, 5) is 14.2. The average Bonchev–Trinajstić information content (AvgIpc) is 2.62. The van der Waals surface area contributed by atoms with Gasteiger partial charge in [-0.25, -0.2) is 4.72 Å². The predicted molar refractivity (Wildman–Crippen MR) is 115 cm³/mol. The first-order valence-corrected chi connectivity index (χ1v) is 11.5. The molecule has 1 aromatic carbocycles. The van der Waals surface area contributed by atoms with Crippen molar-refractivity contribution in [3.63, 3.8) is 0 Å². The molecule has 2 fully saturated rings. The quantitative estimate of drug-likeness (QED) is 0.594. The number of hydrogen-bond acceptors (Lipinski definition) is 3. The Hall–Kier alpha value is -0.710. The first-order chi connectivity index (χ1) is 12.8. The summed E-state index contributed by atoms with van der Waals surface area (Å²) in [7, 11) is 0. The molecule has 0 radical (unpaired) electrons. The molecule has 2 bridgehead atoms. The van der Waals surface area contributed by atoms with E-state index in [-0.39, 0.29) is 5.91 Å². The van der Waals surface area contributed by atoms with Gasteiger partial charge in [0.2, 0.25) is 5.91 Å². The van der Waals surface area contributed by atoms with Crippen LogP contribution in [-0.2, 0) is 4.79 Å². The molecular formula is C22H33ClN2OS. The Morgan fingerprint density at radius 3 is 2.56 bits per heavy atom. The number of carbonyl (C=O) groups excluding carboxylic acids is 1. The Labute approximate surface area is 173 Å². The van der Waals surface area contributed by atoms with Crippen molar-refractivity contribution in [1.29, 1.82) is 0 Å². The predicted octanol–water partition coefficient (Wildman–Crippen LogP) is 5.68. The largest absolute Gasteiger partial charge is 0.351 e. The fourth-order valence-electron chi connectivity index (χ4n) is 4.97. The molecule has 1 amide bonds. The monoisotopic (exact) mass is 408 g/mol. The second-order valence-corrected chi connectivity index (χ2v) is 10.4. The van der Waals surface area contributed by atoms with Crippen molar-refractivity contribution in [2.24, 2.45) is 23.7 Å². The van der Waals surface area contributed by atoms with E-state index in [0.29, 0.717) is 17.9 Å². The molecule has 5 heteroatoms. The second kappa shape index (κ2) is 8.75. The number of fused-ring (bicyclic) bond motifs is 2. The van der Waals surface area contributed by atoms with Crippen LogP contribution in [0.2, 0.25) is 5.02 Å². The summed E-state index contributed by atoms with van der Waals surface area (Å²) in [5, 5.41) is 4.17. The Morgan fingerprint density at radius 1 is 1.19 bits per heavy atom. The summed E-state index contributed by atoms with van der Waals surface area (Å²) < 4.78 is 3.34. The number of carbonyl (C=O) groups is 1. The van der Waals surface area contributed by atoms with Gasteiger partial charge in [0, 0.05) is 16.0 Å². The van der Waals surface area contributed by atoms with Gasteiger partial charge in [0.05, 0.1) is 0 Å². The van der Waals surface area contributed by atoms with Crippen molar-refractivity contribution in [3.8, 4) is 0 Å². The molecular weight excluding hydrogens is 376 g/mol. The van der Waals surface area contributed by atoms with Crippen molar-refractivity contribution < 1.29 is 4.79 Å². The van der Waals surface area contributed by atoms with Crippen LogP contribution in [0, 0.1) is 23.7 Å². The van der Waals surface area contributed by atoms with E-state index in [0.717, 1.165) is 28.2 Å². The van der Waals surface area contributed by atoms with E-state index in [1.54, 1.807) is 0 Å². The minimum atomic E-state index is -0.639. The molecule has 0 aromatic heterocycles. The summed E-state index contributed by atoms with van der Waals surface area (Å²) in [6, 6.07) is 7.99. The van der Waals surface area contributed by atoms with Gasteiger partial charge >= 0.3 is 0 Å². The van der Waals surface area contributed by atoms with E-state index < -0.39 is 5.54 Å². The van der Waals surface area contributed by atoms with Crippen LogP contribution in [0.4, 0.5) is 0 Å². The summed E-state index contributed by atoms with van der Waals surface area (Å²) in [6.45, 7) is 8.56. The number of nitrogens with one attached hydrogen (secondary N) is 2. The third kappa shape index (κ3) is 5.21. The molecule has 0 spiro atoms. The molecule has 0 aliphatic heterocycles. The number of amides is 1. The summed E-state index contributed by atoms with van der Waals surface area (Å²) >= 11 is 7.43. The van der Waals surface area contributed by atoms with Crippen LogP contribution in [0.25, 0.3) is 0 Å². The van der Waals surface area contributed by atoms with Crippen LogP contribution >= 0.6 is 23.5 Å². The lowest BCUT2D eigenvalue weighted by Crippen LogP contribution is -2.58. The van der Waals surface area contributed by atoms with Crippen LogP contribution < -0.4 is 10.0 Å². The van der Waals surface area contributed by atoms with Crippen LogP contribution in [-0.4, -0.2) is 17.5 Å². The highest BCUT2D eigenvalue weighted by Gasteiger charge is 2.43. The SMILES string of the molecule is CCC1CC2CC(C)CC(C2)C1NC(=O)C(C)(C)NSc1ccc(Cl)cc1. The van der Waals surface area contributed by atoms with Crippen LogP contribution in [0.1, 0.15) is 59.8 Å². The van der Waals surface area contributed by atoms with E-state index in [1.165, 1.54) is 37.6 Å². The van der Waals surface area contributed by atoms with Crippen LogP contribution in [0.15, 0.2) is 29.2 Å². The summed E-state index contributed by atoms with van der Waals surface area (Å²) in [6.07, 6.45) is 6.35. The van der Waals surface area contributed by atoms with Gasteiger partial charge < -0.3 is 5.32 Å². The van der Waals surface area contributed by atoms with Crippen molar-refractivity contribution in [2.45, 2.75) is 76.3 Å². The fraction of sp³-hybridized carbons (Fsp3) is 0.682. The molecule has 2 N–H and O–H groups in total. The maximum absolute atomic E-state index is 13.1. The third-order valence-corrected chi connectivity index (χ3v) is 7.73. The standard InChI is InChI=1S/C22H33ClN2OS/c1-5-16-12-15-10-14(2)11-17(13-15)20(16)24-21(26)22(3,4)25-27-19-8-6-18(23)7-9-19/h6-9,14-17,20,25H,5,10-13H2,1-4H3,(H,24,26). The summed E-state index contributed by atoms with van der Waals surface area (Å²) in [5.74, 6) is 3.01. The lowest BCUT2D eigenvalue weighted by atomic mass is 9.62. The van der Waals surface area contributed by atoms with Gasteiger partial charge in [0.15, 0.2) is 0 Å². The van der Waals surface area contributed by atoms with Gasteiger partial charge in [-0.15, -0.1) is 0 Å². The zero-order valence-corrected chi connectivity index (χ0v) is 18.5. The number of rotatable bonds is 6. The number of halogens is 1. The highest BCUT2D eigenvalue weighted by Crippen LogP contribution is 2.46. The van der Waals surface area contributed by atoms with Crippen LogP contribution in [0.5, 0.6) is 0 Å². The smallest absolute Gasteiger partial charge is 0.240 e. The molecule has 27 heavy (non-hydrogen) atoms. The maximum atomic E-state index is 13.1. The normalized spacial score (nSPS) is 30.8. The zero-order chi connectivity index (χ0) is 19.6. The zero-order valence-electron chi connectivity index (χ0n) is 16.9. The Kier molecular flexibility index (Phi) is 6.81. The molecule has 150 valence electrons. The third-order valence-electron chi connectivity index (χ3n) is 6.36. The van der Waals surface area contributed by atoms with Crippen molar-refractivity contribution in [2.75, 3.05) is 0 Å². The first kappa shape index (κ1) is 21.0. The average molecular weight is 409 g/mol. The van der Waals surface area contributed by atoms with Gasteiger partial charge in [-0.3, -0.25) is 4.79 Å². The Morgan fingerprint density at radius 2 is 1.89 bits per heavy atom. The lowest BCUT2D eigenvalue weighted by Gasteiger charge is -2.48. The van der Waals surface area contributed by atoms with Gasteiger partial charge in [-0.2, -0.15) is 0 Å². The molecule has 0 heterocycles. The fourth-order valence-corrected chi connectivity index (χ4v) is 5.84. The van der Waals surface area contributed by atoms with Crippen molar-refractivity contribution >= 4 is 29.5 Å². The molecule has 3 nitrogen and oxygen atoms in total. The van der Waals surface area contributed by atoms with E-state index >= 15 is 0 Å². The molecule has 5 unspecified atom stereocenters. The molecule has 2 saturated carbocycles. The van der Waals surface area contributed by atoms with Gasteiger partial charge in [0.25, 0.3) is 0 Å². The topological polar surface area (TPSA) is 41.1 Å². The van der Waals surface area contributed by atoms with Crippen molar-refractivity contribution in [3.05, 3.63) is 29.3 Å². The van der Waals surface area contributed by atoms with E-state index in [9.17, 15) is 4.79 Å².